The van der Waals surface area contributed by atoms with E-state index in [2.05, 4.69) is 24.1 Å². The molecule has 1 heterocycles. The first-order valence-corrected chi connectivity index (χ1v) is 9.15. The fourth-order valence-corrected chi connectivity index (χ4v) is 4.22. The third-order valence-electron chi connectivity index (χ3n) is 5.53. The number of nitrogens with one attached hydrogen (secondary N) is 1. The van der Waals surface area contributed by atoms with Crippen LogP contribution in [0.4, 0.5) is 0 Å². The molecule has 1 saturated heterocycles. The zero-order valence-electron chi connectivity index (χ0n) is 14.5. The van der Waals surface area contributed by atoms with Gasteiger partial charge in [0.25, 0.3) is 0 Å². The Morgan fingerprint density at radius 3 is 2.57 bits per heavy atom. The standard InChI is InChI=1S/C18H36N2O/c1-16(2)17-14-19-18(10-6-4-7-11-18)15-20(17)12-8-5-9-13-21-3/h16-17,19H,4-15H2,1-3H3. The highest BCUT2D eigenvalue weighted by molar-refractivity contribution is 5.00. The number of unbranched alkanes of at least 4 members (excludes halogenated alkanes) is 2. The summed E-state index contributed by atoms with van der Waals surface area (Å²) in [7, 11) is 1.80. The fourth-order valence-electron chi connectivity index (χ4n) is 4.22. The fraction of sp³-hybridized carbons (Fsp3) is 1.00. The van der Waals surface area contributed by atoms with Crippen LogP contribution in [-0.4, -0.2) is 49.8 Å². The molecule has 1 saturated carbocycles. The molecule has 0 bridgehead atoms. The second kappa shape index (κ2) is 8.50. The molecule has 2 aliphatic rings. The van der Waals surface area contributed by atoms with Gasteiger partial charge in [-0.25, -0.2) is 0 Å². The Balaban J connectivity index is 1.85. The van der Waals surface area contributed by atoms with E-state index in [4.69, 9.17) is 4.74 Å². The lowest BCUT2D eigenvalue weighted by Crippen LogP contribution is -2.65. The molecule has 21 heavy (non-hydrogen) atoms. The summed E-state index contributed by atoms with van der Waals surface area (Å²) in [5.41, 5.74) is 0.441. The zero-order chi connectivity index (χ0) is 15.1. The van der Waals surface area contributed by atoms with Crippen LogP contribution in [0.25, 0.3) is 0 Å². The van der Waals surface area contributed by atoms with Crippen molar-refractivity contribution in [3.05, 3.63) is 0 Å². The molecule has 0 aromatic carbocycles. The number of hydrogen-bond acceptors (Lipinski definition) is 3. The highest BCUT2D eigenvalue weighted by Gasteiger charge is 2.40. The van der Waals surface area contributed by atoms with Gasteiger partial charge in [0.15, 0.2) is 0 Å². The van der Waals surface area contributed by atoms with Crippen LogP contribution in [0, 0.1) is 5.92 Å². The summed E-state index contributed by atoms with van der Waals surface area (Å²) in [6.45, 7) is 9.41. The maximum absolute atomic E-state index is 5.16. The van der Waals surface area contributed by atoms with Crippen molar-refractivity contribution in [3.8, 4) is 0 Å². The van der Waals surface area contributed by atoms with E-state index in [0.717, 1.165) is 18.6 Å². The van der Waals surface area contributed by atoms with Gasteiger partial charge in [0, 0.05) is 38.4 Å². The Hall–Kier alpha value is -0.120. The van der Waals surface area contributed by atoms with Crippen LogP contribution < -0.4 is 5.32 Å². The zero-order valence-corrected chi connectivity index (χ0v) is 14.5. The van der Waals surface area contributed by atoms with Crippen molar-refractivity contribution in [3.63, 3.8) is 0 Å². The van der Waals surface area contributed by atoms with Crippen LogP contribution in [0.3, 0.4) is 0 Å². The first-order valence-electron chi connectivity index (χ1n) is 9.15. The van der Waals surface area contributed by atoms with Crippen molar-refractivity contribution < 1.29 is 4.74 Å². The predicted octanol–water partition coefficient (Wildman–Crippen LogP) is 3.44. The summed E-state index contributed by atoms with van der Waals surface area (Å²) in [5.74, 6) is 0.748. The normalized spacial score (nSPS) is 26.6. The Bertz CT molecular complexity index is 287. The largest absolute Gasteiger partial charge is 0.385 e. The topological polar surface area (TPSA) is 24.5 Å². The molecular formula is C18H36N2O. The molecule has 1 aliphatic carbocycles. The van der Waals surface area contributed by atoms with E-state index in [0.29, 0.717) is 5.54 Å². The van der Waals surface area contributed by atoms with Crippen LogP contribution >= 0.6 is 0 Å². The van der Waals surface area contributed by atoms with Gasteiger partial charge in [0.2, 0.25) is 0 Å². The third kappa shape index (κ3) is 4.94. The predicted molar refractivity (Wildman–Crippen MR) is 89.7 cm³/mol. The minimum Gasteiger partial charge on any atom is -0.385 e. The number of piperazine rings is 1. The number of nitrogens with zero attached hydrogens (tertiary/aromatic N) is 1. The Morgan fingerprint density at radius 2 is 1.90 bits per heavy atom. The van der Waals surface area contributed by atoms with E-state index in [-0.39, 0.29) is 0 Å². The van der Waals surface area contributed by atoms with E-state index in [9.17, 15) is 0 Å². The molecule has 1 atom stereocenters. The summed E-state index contributed by atoms with van der Waals surface area (Å²) < 4.78 is 5.16. The highest BCUT2D eigenvalue weighted by Crippen LogP contribution is 2.33. The van der Waals surface area contributed by atoms with Crippen molar-refractivity contribution in [2.24, 2.45) is 5.92 Å². The Kier molecular flexibility index (Phi) is 6.97. The van der Waals surface area contributed by atoms with Gasteiger partial charge in [-0.1, -0.05) is 33.1 Å². The molecule has 0 amide bonds. The van der Waals surface area contributed by atoms with Gasteiger partial charge in [0.1, 0.15) is 0 Å². The number of hydrogen-bond donors (Lipinski definition) is 1. The maximum Gasteiger partial charge on any atom is 0.0462 e. The minimum atomic E-state index is 0.441. The second-order valence-electron chi connectivity index (χ2n) is 7.56. The molecule has 1 spiro atoms. The number of rotatable bonds is 7. The van der Waals surface area contributed by atoms with Crippen LogP contribution in [0.5, 0.6) is 0 Å². The minimum absolute atomic E-state index is 0.441. The molecular weight excluding hydrogens is 260 g/mol. The van der Waals surface area contributed by atoms with Crippen molar-refractivity contribution >= 4 is 0 Å². The molecule has 0 aromatic rings. The van der Waals surface area contributed by atoms with Crippen LogP contribution in [0.15, 0.2) is 0 Å². The summed E-state index contributed by atoms with van der Waals surface area (Å²) in [6, 6.07) is 0.722. The smallest absolute Gasteiger partial charge is 0.0462 e. The van der Waals surface area contributed by atoms with Crippen molar-refractivity contribution in [2.75, 3.05) is 33.4 Å². The molecule has 1 N–H and O–H groups in total. The van der Waals surface area contributed by atoms with Gasteiger partial charge in [-0.05, 0) is 44.6 Å². The van der Waals surface area contributed by atoms with Gasteiger partial charge in [-0.2, -0.15) is 0 Å². The summed E-state index contributed by atoms with van der Waals surface area (Å²) in [5, 5.41) is 3.94. The monoisotopic (exact) mass is 296 g/mol. The van der Waals surface area contributed by atoms with Crippen molar-refractivity contribution in [1.29, 1.82) is 0 Å². The average molecular weight is 296 g/mol. The van der Waals surface area contributed by atoms with Gasteiger partial charge in [-0.15, -0.1) is 0 Å². The maximum atomic E-state index is 5.16. The number of methoxy groups -OCH3 is 1. The summed E-state index contributed by atoms with van der Waals surface area (Å²) in [6.07, 6.45) is 10.9. The lowest BCUT2D eigenvalue weighted by atomic mass is 9.78. The first kappa shape index (κ1) is 17.2. The van der Waals surface area contributed by atoms with Gasteiger partial charge >= 0.3 is 0 Å². The van der Waals surface area contributed by atoms with Crippen LogP contribution in [-0.2, 0) is 4.74 Å². The third-order valence-corrected chi connectivity index (χ3v) is 5.53. The highest BCUT2D eigenvalue weighted by atomic mass is 16.5. The van der Waals surface area contributed by atoms with E-state index in [1.165, 1.54) is 71.0 Å². The summed E-state index contributed by atoms with van der Waals surface area (Å²) >= 11 is 0. The molecule has 2 rings (SSSR count). The second-order valence-corrected chi connectivity index (χ2v) is 7.56. The van der Waals surface area contributed by atoms with Gasteiger partial charge in [-0.3, -0.25) is 4.90 Å². The van der Waals surface area contributed by atoms with Gasteiger partial charge < -0.3 is 10.1 Å². The molecule has 3 heteroatoms. The van der Waals surface area contributed by atoms with Gasteiger partial charge in [0.05, 0.1) is 0 Å². The van der Waals surface area contributed by atoms with E-state index in [1.54, 1.807) is 7.11 Å². The van der Waals surface area contributed by atoms with E-state index < -0.39 is 0 Å². The molecule has 2 fully saturated rings. The first-order chi connectivity index (χ1) is 10.2. The van der Waals surface area contributed by atoms with Crippen LogP contribution in [0.2, 0.25) is 0 Å². The SMILES string of the molecule is COCCCCCN1CC2(CCCCC2)NCC1C(C)C. The lowest BCUT2D eigenvalue weighted by molar-refractivity contribution is 0.0350. The van der Waals surface area contributed by atoms with E-state index >= 15 is 0 Å². The lowest BCUT2D eigenvalue weighted by Gasteiger charge is -2.51. The quantitative estimate of drug-likeness (QED) is 0.728. The van der Waals surface area contributed by atoms with E-state index in [1.807, 2.05) is 0 Å². The molecule has 0 aromatic heterocycles. The van der Waals surface area contributed by atoms with Crippen LogP contribution in [0.1, 0.15) is 65.2 Å². The van der Waals surface area contributed by atoms with Crippen molar-refractivity contribution in [2.45, 2.75) is 76.8 Å². The molecule has 1 unspecified atom stereocenters. The molecule has 1 aliphatic heterocycles. The summed E-state index contributed by atoms with van der Waals surface area (Å²) in [4.78, 5) is 2.80. The number of ether oxygens (including phenoxy) is 1. The van der Waals surface area contributed by atoms with Crippen molar-refractivity contribution in [1.82, 2.24) is 10.2 Å². The Labute approximate surface area is 131 Å². The Morgan fingerprint density at radius 1 is 1.14 bits per heavy atom. The molecule has 0 radical (unpaired) electrons. The molecule has 124 valence electrons. The molecule has 3 nitrogen and oxygen atoms in total. The average Bonchev–Trinajstić information content (AvgIpc) is 2.48.